The van der Waals surface area contributed by atoms with Gasteiger partial charge in [-0.05, 0) is 43.3 Å². The summed E-state index contributed by atoms with van der Waals surface area (Å²) < 4.78 is 50.1. The molecule has 0 bridgehead atoms. The molecule has 0 amide bonds. The van der Waals surface area contributed by atoms with E-state index in [-0.39, 0.29) is 18.2 Å². The summed E-state index contributed by atoms with van der Waals surface area (Å²) in [6.45, 7) is 2.08. The van der Waals surface area contributed by atoms with Crippen LogP contribution in [-0.4, -0.2) is 21.8 Å². The minimum Gasteiger partial charge on any atom is -0.454 e. The number of halogens is 1. The minimum atomic E-state index is -3.77. The van der Waals surface area contributed by atoms with Gasteiger partial charge in [0, 0.05) is 12.6 Å². The average molecular weight is 323 g/mol. The molecule has 0 radical (unpaired) electrons. The maximum atomic E-state index is 13.0. The van der Waals surface area contributed by atoms with Crippen LogP contribution in [-0.2, 0) is 10.0 Å². The molecule has 0 aromatic heterocycles. The predicted molar refractivity (Wildman–Crippen MR) is 79.2 cm³/mol. The molecule has 1 heterocycles. The molecule has 7 heteroatoms. The van der Waals surface area contributed by atoms with Crippen molar-refractivity contribution in [2.24, 2.45) is 0 Å². The second-order valence-electron chi connectivity index (χ2n) is 4.66. The first-order chi connectivity index (χ1) is 10.5. The number of sulfonamides is 1. The maximum Gasteiger partial charge on any atom is 0.264 e. The Kier molecular flexibility index (Phi) is 3.66. The summed E-state index contributed by atoms with van der Waals surface area (Å²) in [6.07, 6.45) is 0. The van der Waals surface area contributed by atoms with Gasteiger partial charge in [0.25, 0.3) is 10.0 Å². The van der Waals surface area contributed by atoms with E-state index in [1.165, 1.54) is 16.4 Å². The number of hydrogen-bond donors (Lipinski definition) is 0. The molecule has 2 aromatic carbocycles. The predicted octanol–water partition coefficient (Wildman–Crippen LogP) is 2.77. The second kappa shape index (κ2) is 5.49. The monoisotopic (exact) mass is 323 g/mol. The van der Waals surface area contributed by atoms with Crippen LogP contribution in [0.2, 0.25) is 0 Å². The Balaban J connectivity index is 2.01. The van der Waals surface area contributed by atoms with E-state index in [0.29, 0.717) is 17.2 Å². The van der Waals surface area contributed by atoms with Crippen molar-refractivity contribution in [1.82, 2.24) is 0 Å². The largest absolute Gasteiger partial charge is 0.454 e. The lowest BCUT2D eigenvalue weighted by Crippen LogP contribution is -2.30. The van der Waals surface area contributed by atoms with Gasteiger partial charge in [-0.1, -0.05) is 0 Å². The Bertz CT molecular complexity index is 790. The highest BCUT2D eigenvalue weighted by molar-refractivity contribution is 7.92. The molecule has 0 fully saturated rings. The third-order valence-corrected chi connectivity index (χ3v) is 5.25. The topological polar surface area (TPSA) is 55.8 Å². The van der Waals surface area contributed by atoms with Crippen LogP contribution in [0.25, 0.3) is 0 Å². The van der Waals surface area contributed by atoms with E-state index in [4.69, 9.17) is 9.47 Å². The molecular formula is C15H14FNO4S. The summed E-state index contributed by atoms with van der Waals surface area (Å²) in [7, 11) is -3.77. The number of ether oxygens (including phenoxy) is 2. The van der Waals surface area contributed by atoms with E-state index >= 15 is 0 Å². The Labute approximate surface area is 127 Å². The van der Waals surface area contributed by atoms with Gasteiger partial charge < -0.3 is 9.47 Å². The number of benzene rings is 2. The van der Waals surface area contributed by atoms with Gasteiger partial charge in [0.05, 0.1) is 10.6 Å². The number of hydrogen-bond acceptors (Lipinski definition) is 4. The molecule has 0 spiro atoms. The molecule has 1 aliphatic heterocycles. The Morgan fingerprint density at radius 2 is 1.77 bits per heavy atom. The van der Waals surface area contributed by atoms with Crippen LogP contribution in [0.4, 0.5) is 10.1 Å². The van der Waals surface area contributed by atoms with Crippen molar-refractivity contribution in [3.63, 3.8) is 0 Å². The summed E-state index contributed by atoms with van der Waals surface area (Å²) in [5.41, 5.74) is 0.469. The molecule has 5 nitrogen and oxygen atoms in total. The third kappa shape index (κ3) is 2.48. The highest BCUT2D eigenvalue weighted by Crippen LogP contribution is 2.36. The van der Waals surface area contributed by atoms with Gasteiger partial charge in [-0.2, -0.15) is 0 Å². The average Bonchev–Trinajstić information content (AvgIpc) is 2.96. The van der Waals surface area contributed by atoms with Gasteiger partial charge in [0.2, 0.25) is 6.79 Å². The zero-order valence-corrected chi connectivity index (χ0v) is 12.6. The smallest absolute Gasteiger partial charge is 0.264 e. The van der Waals surface area contributed by atoms with Crippen molar-refractivity contribution in [3.8, 4) is 11.5 Å². The maximum absolute atomic E-state index is 13.0. The zero-order chi connectivity index (χ0) is 15.7. The van der Waals surface area contributed by atoms with Crippen LogP contribution in [0.1, 0.15) is 6.92 Å². The molecule has 0 unspecified atom stereocenters. The van der Waals surface area contributed by atoms with Crippen LogP contribution in [0.3, 0.4) is 0 Å². The summed E-state index contributed by atoms with van der Waals surface area (Å²) in [5, 5.41) is 0. The summed E-state index contributed by atoms with van der Waals surface area (Å²) in [4.78, 5) is 0.0356. The molecule has 3 rings (SSSR count). The number of rotatable bonds is 4. The molecule has 2 aromatic rings. The summed E-state index contributed by atoms with van der Waals surface area (Å²) in [5.74, 6) is 0.606. The molecular weight excluding hydrogens is 309 g/mol. The van der Waals surface area contributed by atoms with Crippen LogP contribution in [0, 0.1) is 5.82 Å². The fourth-order valence-electron chi connectivity index (χ4n) is 2.27. The van der Waals surface area contributed by atoms with Crippen molar-refractivity contribution in [2.75, 3.05) is 17.6 Å². The molecule has 0 aliphatic carbocycles. The van der Waals surface area contributed by atoms with Gasteiger partial charge >= 0.3 is 0 Å². The Morgan fingerprint density at radius 3 is 2.45 bits per heavy atom. The first kappa shape index (κ1) is 14.6. The van der Waals surface area contributed by atoms with E-state index < -0.39 is 15.8 Å². The van der Waals surface area contributed by atoms with Crippen LogP contribution in [0.5, 0.6) is 11.5 Å². The van der Waals surface area contributed by atoms with Crippen molar-refractivity contribution in [2.45, 2.75) is 11.8 Å². The first-order valence-corrected chi connectivity index (χ1v) is 8.14. The van der Waals surface area contributed by atoms with E-state index in [9.17, 15) is 12.8 Å². The highest BCUT2D eigenvalue weighted by Gasteiger charge is 2.25. The van der Waals surface area contributed by atoms with Gasteiger partial charge in [-0.3, -0.25) is 4.31 Å². The van der Waals surface area contributed by atoms with Crippen LogP contribution < -0.4 is 13.8 Å². The Hall–Kier alpha value is -2.28. The normalized spacial score (nSPS) is 13.2. The van der Waals surface area contributed by atoms with E-state index in [2.05, 4.69) is 0 Å². The fourth-order valence-corrected chi connectivity index (χ4v) is 3.73. The van der Waals surface area contributed by atoms with E-state index in [0.717, 1.165) is 12.1 Å². The highest BCUT2D eigenvalue weighted by atomic mass is 32.2. The van der Waals surface area contributed by atoms with E-state index in [1.807, 2.05) is 0 Å². The van der Waals surface area contributed by atoms with Crippen molar-refractivity contribution >= 4 is 15.7 Å². The number of anilines is 1. The summed E-state index contributed by atoms with van der Waals surface area (Å²) >= 11 is 0. The lowest BCUT2D eigenvalue weighted by molar-refractivity contribution is 0.174. The quantitative estimate of drug-likeness (QED) is 0.868. The Morgan fingerprint density at radius 1 is 1.09 bits per heavy atom. The van der Waals surface area contributed by atoms with E-state index in [1.54, 1.807) is 25.1 Å². The lowest BCUT2D eigenvalue weighted by Gasteiger charge is -2.23. The summed E-state index contributed by atoms with van der Waals surface area (Å²) in [6, 6.07) is 9.69. The van der Waals surface area contributed by atoms with Crippen LogP contribution >= 0.6 is 0 Å². The molecule has 0 N–H and O–H groups in total. The molecule has 0 atom stereocenters. The zero-order valence-electron chi connectivity index (χ0n) is 11.8. The van der Waals surface area contributed by atoms with Gasteiger partial charge in [0.1, 0.15) is 5.82 Å². The van der Waals surface area contributed by atoms with Gasteiger partial charge in [0.15, 0.2) is 11.5 Å². The SMILES string of the molecule is CCN(c1ccc2c(c1)OCO2)S(=O)(=O)c1ccc(F)cc1. The molecule has 22 heavy (non-hydrogen) atoms. The van der Waals surface area contributed by atoms with Crippen molar-refractivity contribution < 1.29 is 22.3 Å². The second-order valence-corrected chi connectivity index (χ2v) is 6.52. The fraction of sp³-hybridized carbons (Fsp3) is 0.200. The molecule has 1 aliphatic rings. The molecule has 0 saturated carbocycles. The van der Waals surface area contributed by atoms with Crippen molar-refractivity contribution in [3.05, 3.63) is 48.3 Å². The molecule has 116 valence electrons. The van der Waals surface area contributed by atoms with Gasteiger partial charge in [-0.25, -0.2) is 12.8 Å². The van der Waals surface area contributed by atoms with Crippen LogP contribution in [0.15, 0.2) is 47.4 Å². The number of nitrogens with zero attached hydrogens (tertiary/aromatic N) is 1. The van der Waals surface area contributed by atoms with Gasteiger partial charge in [-0.15, -0.1) is 0 Å². The lowest BCUT2D eigenvalue weighted by atomic mass is 10.3. The third-order valence-electron chi connectivity index (χ3n) is 3.33. The standard InChI is InChI=1S/C15H14FNO4S/c1-2-17(12-5-8-14-15(9-12)21-10-20-14)22(18,19)13-6-3-11(16)4-7-13/h3-9H,2,10H2,1H3. The number of fused-ring (bicyclic) bond motifs is 1. The van der Waals surface area contributed by atoms with Crippen molar-refractivity contribution in [1.29, 1.82) is 0 Å². The molecule has 0 saturated heterocycles. The minimum absolute atomic E-state index is 0.0356. The first-order valence-electron chi connectivity index (χ1n) is 6.70.